The van der Waals surface area contributed by atoms with Crippen LogP contribution in [0.4, 0.5) is 10.1 Å². The Kier molecular flexibility index (Phi) is 7.68. The van der Waals surface area contributed by atoms with Crippen LogP contribution in [-0.4, -0.2) is 28.9 Å². The molecule has 6 nitrogen and oxygen atoms in total. The van der Waals surface area contributed by atoms with E-state index < -0.39 is 30.2 Å². The summed E-state index contributed by atoms with van der Waals surface area (Å²) < 4.78 is 14.0. The number of anilines is 1. The van der Waals surface area contributed by atoms with Crippen molar-refractivity contribution < 1.29 is 23.9 Å². The van der Waals surface area contributed by atoms with Gasteiger partial charge in [0.05, 0.1) is 12.8 Å². The van der Waals surface area contributed by atoms with Gasteiger partial charge in [-0.3, -0.25) is 14.4 Å². The van der Waals surface area contributed by atoms with Gasteiger partial charge in [0.25, 0.3) is 0 Å². The van der Waals surface area contributed by atoms with Crippen LogP contribution >= 0.6 is 0 Å². The molecule has 2 rings (SSSR count). The average Bonchev–Trinajstić information content (AvgIpc) is 2.64. The monoisotopic (exact) mass is 386 g/mol. The summed E-state index contributed by atoms with van der Waals surface area (Å²) in [5.74, 6) is -2.57. The van der Waals surface area contributed by atoms with Crippen molar-refractivity contribution in [2.45, 2.75) is 38.6 Å². The standard InChI is InChI=1S/C21H23FN2O4/c1-2-6-18(24-19(25)11-14-7-4-3-5-8-14)21(28)23-16-10-9-15(12-20(26)27)17(22)13-16/h3-5,7-10,13,18H,2,6,11-12H2,1H3,(H,23,28)(H,24,25)(H,26,27). The second kappa shape index (κ2) is 10.2. The van der Waals surface area contributed by atoms with Gasteiger partial charge in [-0.05, 0) is 29.7 Å². The number of hydrogen-bond acceptors (Lipinski definition) is 3. The third-order valence-corrected chi connectivity index (χ3v) is 4.10. The number of aliphatic carboxylic acids is 1. The van der Waals surface area contributed by atoms with E-state index in [0.29, 0.717) is 12.8 Å². The van der Waals surface area contributed by atoms with Crippen LogP contribution in [-0.2, 0) is 27.2 Å². The molecule has 2 aromatic carbocycles. The summed E-state index contributed by atoms with van der Waals surface area (Å²) in [6.45, 7) is 1.89. The molecule has 0 fully saturated rings. The Hall–Kier alpha value is -3.22. The molecule has 3 N–H and O–H groups in total. The lowest BCUT2D eigenvalue weighted by Crippen LogP contribution is -2.44. The van der Waals surface area contributed by atoms with Crippen molar-refractivity contribution in [2.75, 3.05) is 5.32 Å². The minimum Gasteiger partial charge on any atom is -0.481 e. The van der Waals surface area contributed by atoms with Gasteiger partial charge < -0.3 is 15.7 Å². The van der Waals surface area contributed by atoms with Crippen LogP contribution in [0.1, 0.15) is 30.9 Å². The van der Waals surface area contributed by atoms with Crippen LogP contribution in [0.25, 0.3) is 0 Å². The first-order chi connectivity index (χ1) is 13.4. The number of hydrogen-bond donors (Lipinski definition) is 3. The molecule has 28 heavy (non-hydrogen) atoms. The molecule has 2 aromatic rings. The molecule has 0 aliphatic carbocycles. The van der Waals surface area contributed by atoms with Crippen molar-refractivity contribution >= 4 is 23.5 Å². The fraction of sp³-hybridized carbons (Fsp3) is 0.286. The molecule has 0 saturated carbocycles. The van der Waals surface area contributed by atoms with Gasteiger partial charge in [-0.25, -0.2) is 4.39 Å². The molecule has 1 unspecified atom stereocenters. The maximum absolute atomic E-state index is 14.0. The molecule has 0 heterocycles. The van der Waals surface area contributed by atoms with Crippen LogP contribution in [0.3, 0.4) is 0 Å². The highest BCUT2D eigenvalue weighted by Crippen LogP contribution is 2.16. The third kappa shape index (κ3) is 6.50. The zero-order chi connectivity index (χ0) is 20.5. The molecule has 0 bridgehead atoms. The molecule has 0 aliphatic heterocycles. The second-order valence-corrected chi connectivity index (χ2v) is 6.44. The number of rotatable bonds is 9. The van der Waals surface area contributed by atoms with Crippen LogP contribution in [0, 0.1) is 5.82 Å². The Morgan fingerprint density at radius 3 is 2.39 bits per heavy atom. The molecule has 1 atom stereocenters. The first kappa shape index (κ1) is 21.1. The van der Waals surface area contributed by atoms with Gasteiger partial charge in [0, 0.05) is 5.69 Å². The van der Waals surface area contributed by atoms with Crippen LogP contribution < -0.4 is 10.6 Å². The predicted octanol–water partition coefficient (Wildman–Crippen LogP) is 2.92. The Bertz CT molecular complexity index is 840. The molecule has 148 valence electrons. The van der Waals surface area contributed by atoms with Gasteiger partial charge in [-0.15, -0.1) is 0 Å². The number of carboxylic acids is 1. The molecule has 0 radical (unpaired) electrons. The van der Waals surface area contributed by atoms with Gasteiger partial charge in [-0.2, -0.15) is 0 Å². The summed E-state index contributed by atoms with van der Waals surface area (Å²) >= 11 is 0. The molecule has 2 amide bonds. The molecular formula is C21H23FN2O4. The van der Waals surface area contributed by atoms with Crippen LogP contribution in [0.15, 0.2) is 48.5 Å². The quantitative estimate of drug-likeness (QED) is 0.617. The zero-order valence-electron chi connectivity index (χ0n) is 15.6. The van der Waals surface area contributed by atoms with Crippen molar-refractivity contribution in [2.24, 2.45) is 0 Å². The van der Waals surface area contributed by atoms with E-state index in [-0.39, 0.29) is 23.6 Å². The largest absolute Gasteiger partial charge is 0.481 e. The first-order valence-corrected chi connectivity index (χ1v) is 9.03. The summed E-state index contributed by atoms with van der Waals surface area (Å²) in [7, 11) is 0. The Labute approximate surface area is 162 Å². The summed E-state index contributed by atoms with van der Waals surface area (Å²) in [6.07, 6.45) is 0.836. The van der Waals surface area contributed by atoms with Crippen molar-refractivity contribution in [1.29, 1.82) is 0 Å². The normalized spacial score (nSPS) is 11.5. The molecule has 0 spiro atoms. The van der Waals surface area contributed by atoms with Crippen molar-refractivity contribution in [3.63, 3.8) is 0 Å². The summed E-state index contributed by atoms with van der Waals surface area (Å²) in [6, 6.07) is 12.3. The number of amides is 2. The number of halogens is 1. The van der Waals surface area contributed by atoms with Gasteiger partial charge >= 0.3 is 5.97 Å². The van der Waals surface area contributed by atoms with Crippen LogP contribution in [0.5, 0.6) is 0 Å². The fourth-order valence-electron chi connectivity index (χ4n) is 2.74. The number of benzene rings is 2. The Morgan fingerprint density at radius 2 is 1.79 bits per heavy atom. The minimum absolute atomic E-state index is 0.0340. The SMILES string of the molecule is CCCC(NC(=O)Cc1ccccc1)C(=O)Nc1ccc(CC(=O)O)c(F)c1. The third-order valence-electron chi connectivity index (χ3n) is 4.10. The zero-order valence-corrected chi connectivity index (χ0v) is 15.6. The van der Waals surface area contributed by atoms with E-state index in [4.69, 9.17) is 5.11 Å². The van der Waals surface area contributed by atoms with Gasteiger partial charge in [-0.1, -0.05) is 49.7 Å². The van der Waals surface area contributed by atoms with Crippen molar-refractivity contribution in [3.8, 4) is 0 Å². The summed E-state index contributed by atoms with van der Waals surface area (Å²) in [5, 5.41) is 14.0. The fourth-order valence-corrected chi connectivity index (χ4v) is 2.74. The summed E-state index contributed by atoms with van der Waals surface area (Å²) in [5.41, 5.74) is 1.08. The Morgan fingerprint density at radius 1 is 1.07 bits per heavy atom. The lowest BCUT2D eigenvalue weighted by molar-refractivity contribution is -0.136. The Balaban J connectivity index is 2.01. The van der Waals surface area contributed by atoms with E-state index in [1.807, 2.05) is 37.3 Å². The number of carbonyl (C=O) groups excluding carboxylic acids is 2. The maximum Gasteiger partial charge on any atom is 0.307 e. The maximum atomic E-state index is 14.0. The van der Waals surface area contributed by atoms with Gasteiger partial charge in [0.2, 0.25) is 11.8 Å². The topological polar surface area (TPSA) is 95.5 Å². The van der Waals surface area contributed by atoms with E-state index in [1.54, 1.807) is 0 Å². The van der Waals surface area contributed by atoms with Crippen LogP contribution in [0.2, 0.25) is 0 Å². The molecule has 0 aliphatic rings. The number of nitrogens with one attached hydrogen (secondary N) is 2. The highest BCUT2D eigenvalue weighted by molar-refractivity contribution is 5.97. The second-order valence-electron chi connectivity index (χ2n) is 6.44. The van der Waals surface area contributed by atoms with E-state index in [2.05, 4.69) is 10.6 Å². The summed E-state index contributed by atoms with van der Waals surface area (Å²) in [4.78, 5) is 35.5. The lowest BCUT2D eigenvalue weighted by atomic mass is 10.1. The highest BCUT2D eigenvalue weighted by atomic mass is 19.1. The highest BCUT2D eigenvalue weighted by Gasteiger charge is 2.20. The molecule has 0 saturated heterocycles. The average molecular weight is 386 g/mol. The smallest absolute Gasteiger partial charge is 0.307 e. The van der Waals surface area contributed by atoms with E-state index in [0.717, 1.165) is 11.6 Å². The van der Waals surface area contributed by atoms with E-state index in [9.17, 15) is 18.8 Å². The lowest BCUT2D eigenvalue weighted by Gasteiger charge is -2.18. The van der Waals surface area contributed by atoms with Gasteiger partial charge in [0.1, 0.15) is 11.9 Å². The molecule has 7 heteroatoms. The predicted molar refractivity (Wildman–Crippen MR) is 103 cm³/mol. The van der Waals surface area contributed by atoms with Crippen molar-refractivity contribution in [1.82, 2.24) is 5.32 Å². The first-order valence-electron chi connectivity index (χ1n) is 9.03. The van der Waals surface area contributed by atoms with Gasteiger partial charge in [0.15, 0.2) is 0 Å². The molecular weight excluding hydrogens is 363 g/mol. The van der Waals surface area contributed by atoms with E-state index in [1.165, 1.54) is 12.1 Å². The minimum atomic E-state index is -1.14. The molecule has 0 aromatic heterocycles. The van der Waals surface area contributed by atoms with Crippen molar-refractivity contribution in [3.05, 3.63) is 65.5 Å². The number of carboxylic acid groups (broad SMARTS) is 1. The van der Waals surface area contributed by atoms with E-state index >= 15 is 0 Å². The number of carbonyl (C=O) groups is 3.